The number of nitrogens with zero attached hydrogens (tertiary/aromatic N) is 1. The third kappa shape index (κ3) is 3.78. The molecule has 0 aliphatic heterocycles. The molecule has 20 heavy (non-hydrogen) atoms. The van der Waals surface area contributed by atoms with Crippen molar-refractivity contribution in [1.29, 1.82) is 0 Å². The predicted molar refractivity (Wildman–Crippen MR) is 83.9 cm³/mol. The molecule has 1 heterocycles. The van der Waals surface area contributed by atoms with E-state index in [-0.39, 0.29) is 0 Å². The first-order valence-electron chi connectivity index (χ1n) is 7.42. The Hall–Kier alpha value is -1.45. The molecule has 3 nitrogen and oxygen atoms in total. The van der Waals surface area contributed by atoms with Crippen molar-refractivity contribution in [3.8, 4) is 0 Å². The molecule has 1 N–H and O–H groups in total. The standard InChI is InChI=1S/C17H24N2O/c1-3-11-18-16(10-6-13-20-2)15-9-4-7-14-8-5-12-19-17(14)15/h4-5,7-9,12,16,18H,3,6,10-11,13H2,1-2H3. The fourth-order valence-corrected chi connectivity index (χ4v) is 2.53. The lowest BCUT2D eigenvalue weighted by Gasteiger charge is -2.20. The molecule has 1 unspecified atom stereocenters. The van der Waals surface area contributed by atoms with Gasteiger partial charge in [-0.1, -0.05) is 31.2 Å². The summed E-state index contributed by atoms with van der Waals surface area (Å²) < 4.78 is 5.18. The molecule has 3 heteroatoms. The highest BCUT2D eigenvalue weighted by Crippen LogP contribution is 2.25. The molecular weight excluding hydrogens is 248 g/mol. The molecular formula is C17H24N2O. The van der Waals surface area contributed by atoms with E-state index >= 15 is 0 Å². The number of rotatable bonds is 8. The molecule has 1 aromatic carbocycles. The topological polar surface area (TPSA) is 34.1 Å². The van der Waals surface area contributed by atoms with Crippen LogP contribution in [0.5, 0.6) is 0 Å². The second kappa shape index (κ2) is 7.98. The van der Waals surface area contributed by atoms with Gasteiger partial charge in [0.2, 0.25) is 0 Å². The zero-order valence-electron chi connectivity index (χ0n) is 12.4. The van der Waals surface area contributed by atoms with Crippen molar-refractivity contribution in [3.63, 3.8) is 0 Å². The van der Waals surface area contributed by atoms with E-state index in [1.165, 1.54) is 10.9 Å². The van der Waals surface area contributed by atoms with Crippen molar-refractivity contribution in [3.05, 3.63) is 42.1 Å². The summed E-state index contributed by atoms with van der Waals surface area (Å²) in [5, 5.41) is 4.85. The summed E-state index contributed by atoms with van der Waals surface area (Å²) in [5.74, 6) is 0. The summed E-state index contributed by atoms with van der Waals surface area (Å²) in [6.07, 6.45) is 5.14. The van der Waals surface area contributed by atoms with Crippen LogP contribution in [0.25, 0.3) is 10.9 Å². The largest absolute Gasteiger partial charge is 0.385 e. The number of methoxy groups -OCH3 is 1. The van der Waals surface area contributed by atoms with Gasteiger partial charge >= 0.3 is 0 Å². The molecule has 2 aromatic rings. The summed E-state index contributed by atoms with van der Waals surface area (Å²) in [4.78, 5) is 4.57. The molecule has 2 rings (SSSR count). The van der Waals surface area contributed by atoms with E-state index in [1.807, 2.05) is 12.3 Å². The number of hydrogen-bond acceptors (Lipinski definition) is 3. The highest BCUT2D eigenvalue weighted by atomic mass is 16.5. The Labute approximate surface area is 121 Å². The van der Waals surface area contributed by atoms with E-state index in [9.17, 15) is 0 Å². The van der Waals surface area contributed by atoms with Gasteiger partial charge in [0.05, 0.1) is 5.52 Å². The zero-order chi connectivity index (χ0) is 14.2. The van der Waals surface area contributed by atoms with E-state index in [0.29, 0.717) is 6.04 Å². The fraction of sp³-hybridized carbons (Fsp3) is 0.471. The summed E-state index contributed by atoms with van der Waals surface area (Å²) >= 11 is 0. The van der Waals surface area contributed by atoms with Gasteiger partial charge in [-0.05, 0) is 37.4 Å². The van der Waals surface area contributed by atoms with Crippen molar-refractivity contribution in [2.75, 3.05) is 20.3 Å². The molecule has 0 aliphatic carbocycles. The van der Waals surface area contributed by atoms with Gasteiger partial charge in [0.25, 0.3) is 0 Å². The lowest BCUT2D eigenvalue weighted by Crippen LogP contribution is -2.23. The third-order valence-corrected chi connectivity index (χ3v) is 3.52. The van der Waals surface area contributed by atoms with Crippen LogP contribution in [0.4, 0.5) is 0 Å². The summed E-state index contributed by atoms with van der Waals surface area (Å²) in [7, 11) is 1.76. The Morgan fingerprint density at radius 1 is 1.25 bits per heavy atom. The number of hydrogen-bond donors (Lipinski definition) is 1. The van der Waals surface area contributed by atoms with Crippen LogP contribution in [0, 0.1) is 0 Å². The first kappa shape index (κ1) is 14.9. The second-order valence-electron chi connectivity index (χ2n) is 5.06. The average molecular weight is 272 g/mol. The Morgan fingerprint density at radius 2 is 2.10 bits per heavy atom. The maximum atomic E-state index is 5.18. The van der Waals surface area contributed by atoms with Gasteiger partial charge in [-0.3, -0.25) is 4.98 Å². The Balaban J connectivity index is 2.24. The van der Waals surface area contributed by atoms with E-state index in [4.69, 9.17) is 4.74 Å². The van der Waals surface area contributed by atoms with Gasteiger partial charge in [0.15, 0.2) is 0 Å². The van der Waals surface area contributed by atoms with Crippen LogP contribution >= 0.6 is 0 Å². The molecule has 0 radical (unpaired) electrons. The maximum Gasteiger partial charge on any atom is 0.0749 e. The van der Waals surface area contributed by atoms with Crippen molar-refractivity contribution < 1.29 is 4.74 Å². The van der Waals surface area contributed by atoms with Gasteiger partial charge < -0.3 is 10.1 Å². The molecule has 108 valence electrons. The first-order valence-corrected chi connectivity index (χ1v) is 7.42. The number of nitrogens with one attached hydrogen (secondary N) is 1. The number of fused-ring (bicyclic) bond motifs is 1. The highest BCUT2D eigenvalue weighted by molar-refractivity contribution is 5.81. The van der Waals surface area contributed by atoms with Gasteiger partial charge in [-0.2, -0.15) is 0 Å². The fourth-order valence-electron chi connectivity index (χ4n) is 2.53. The van der Waals surface area contributed by atoms with Crippen molar-refractivity contribution in [2.45, 2.75) is 32.2 Å². The first-order chi connectivity index (χ1) is 9.86. The maximum absolute atomic E-state index is 5.18. The van der Waals surface area contributed by atoms with Gasteiger partial charge in [0, 0.05) is 31.3 Å². The quantitative estimate of drug-likeness (QED) is 0.744. The summed E-state index contributed by atoms with van der Waals surface area (Å²) in [6, 6.07) is 10.9. The van der Waals surface area contributed by atoms with Crippen LogP contribution in [-0.2, 0) is 4.74 Å². The number of aromatic nitrogens is 1. The molecule has 0 amide bonds. The minimum absolute atomic E-state index is 0.351. The van der Waals surface area contributed by atoms with Crippen molar-refractivity contribution in [1.82, 2.24) is 10.3 Å². The Bertz CT molecular complexity index is 522. The lowest BCUT2D eigenvalue weighted by molar-refractivity contribution is 0.189. The van der Waals surface area contributed by atoms with Gasteiger partial charge in [0.1, 0.15) is 0 Å². The SMILES string of the molecule is CCCNC(CCCOC)c1cccc2cccnc12. The zero-order valence-corrected chi connectivity index (χ0v) is 12.4. The van der Waals surface area contributed by atoms with Crippen LogP contribution in [0.3, 0.4) is 0 Å². The minimum Gasteiger partial charge on any atom is -0.385 e. The number of benzene rings is 1. The highest BCUT2D eigenvalue weighted by Gasteiger charge is 2.13. The normalized spacial score (nSPS) is 12.7. The molecule has 0 spiro atoms. The van der Waals surface area contributed by atoms with Crippen LogP contribution in [0.15, 0.2) is 36.5 Å². The summed E-state index contributed by atoms with van der Waals surface area (Å²) in [6.45, 7) is 4.03. The molecule has 0 bridgehead atoms. The Kier molecular flexibility index (Phi) is 5.96. The van der Waals surface area contributed by atoms with Crippen LogP contribution < -0.4 is 5.32 Å². The van der Waals surface area contributed by atoms with E-state index < -0.39 is 0 Å². The number of para-hydroxylation sites is 1. The smallest absolute Gasteiger partial charge is 0.0749 e. The predicted octanol–water partition coefficient (Wildman–Crippen LogP) is 3.70. The number of ether oxygens (including phenoxy) is 1. The van der Waals surface area contributed by atoms with Gasteiger partial charge in [-0.25, -0.2) is 0 Å². The lowest BCUT2D eigenvalue weighted by atomic mass is 9.99. The second-order valence-corrected chi connectivity index (χ2v) is 5.06. The molecule has 0 saturated heterocycles. The molecule has 0 aliphatic rings. The molecule has 1 atom stereocenters. The number of pyridine rings is 1. The summed E-state index contributed by atoms with van der Waals surface area (Å²) in [5.41, 5.74) is 2.41. The van der Waals surface area contributed by atoms with Crippen LogP contribution in [-0.4, -0.2) is 25.2 Å². The van der Waals surface area contributed by atoms with E-state index in [1.54, 1.807) is 7.11 Å². The molecule has 0 fully saturated rings. The average Bonchev–Trinajstić information content (AvgIpc) is 2.50. The monoisotopic (exact) mass is 272 g/mol. The van der Waals surface area contributed by atoms with E-state index in [2.05, 4.69) is 41.5 Å². The van der Waals surface area contributed by atoms with Gasteiger partial charge in [-0.15, -0.1) is 0 Å². The minimum atomic E-state index is 0.351. The van der Waals surface area contributed by atoms with E-state index in [0.717, 1.165) is 37.9 Å². The van der Waals surface area contributed by atoms with Crippen LogP contribution in [0.2, 0.25) is 0 Å². The van der Waals surface area contributed by atoms with Crippen LogP contribution in [0.1, 0.15) is 37.8 Å². The third-order valence-electron chi connectivity index (χ3n) is 3.52. The molecule has 0 saturated carbocycles. The van der Waals surface area contributed by atoms with Crippen molar-refractivity contribution in [2.24, 2.45) is 0 Å². The Morgan fingerprint density at radius 3 is 2.90 bits per heavy atom. The molecule has 1 aromatic heterocycles. The van der Waals surface area contributed by atoms with Crippen molar-refractivity contribution >= 4 is 10.9 Å².